The molecule has 2 fully saturated rings. The second-order valence-corrected chi connectivity index (χ2v) is 12.6. The molecule has 3 aliphatic heterocycles. The van der Waals surface area contributed by atoms with Crippen LogP contribution in [-0.4, -0.2) is 58.4 Å². The van der Waals surface area contributed by atoms with Crippen molar-refractivity contribution in [3.63, 3.8) is 0 Å². The summed E-state index contributed by atoms with van der Waals surface area (Å²) < 4.78 is 2.16. The Balaban J connectivity index is 1.17. The van der Waals surface area contributed by atoms with Gasteiger partial charge in [-0.15, -0.1) is 0 Å². The van der Waals surface area contributed by atoms with Gasteiger partial charge in [0, 0.05) is 36.1 Å². The number of amides is 2. The van der Waals surface area contributed by atoms with Crippen molar-refractivity contribution in [2.24, 2.45) is 0 Å². The SMILES string of the molecule is Cc1cc(C(=O)N2Cc3ccc(C(=O)N4CCC[C@H]4CN4CCCC4)n3Cc3ccccc32)ccc1C1=CCCCC1. The molecule has 0 N–H and O–H groups in total. The van der Waals surface area contributed by atoms with Gasteiger partial charge in [-0.3, -0.25) is 9.59 Å². The van der Waals surface area contributed by atoms with E-state index < -0.39 is 0 Å². The first-order chi connectivity index (χ1) is 20.6. The predicted octanol–water partition coefficient (Wildman–Crippen LogP) is 6.66. The van der Waals surface area contributed by atoms with Crippen molar-refractivity contribution >= 4 is 23.1 Å². The van der Waals surface area contributed by atoms with E-state index in [2.05, 4.69) is 51.6 Å². The summed E-state index contributed by atoms with van der Waals surface area (Å²) >= 11 is 0. The summed E-state index contributed by atoms with van der Waals surface area (Å²) in [5.41, 5.74) is 8.27. The Kier molecular flexibility index (Phi) is 7.49. The first kappa shape index (κ1) is 27.2. The van der Waals surface area contributed by atoms with Crippen LogP contribution in [0.3, 0.4) is 0 Å². The summed E-state index contributed by atoms with van der Waals surface area (Å²) in [6, 6.07) is 18.7. The maximum absolute atomic E-state index is 14.1. The summed E-state index contributed by atoms with van der Waals surface area (Å²) in [5, 5.41) is 0. The highest BCUT2D eigenvalue weighted by Gasteiger charge is 2.34. The van der Waals surface area contributed by atoms with Crippen molar-refractivity contribution in [1.29, 1.82) is 0 Å². The first-order valence-corrected chi connectivity index (χ1v) is 16.0. The van der Waals surface area contributed by atoms with Crippen molar-refractivity contribution in [3.8, 4) is 0 Å². The molecule has 42 heavy (non-hydrogen) atoms. The smallest absolute Gasteiger partial charge is 0.270 e. The van der Waals surface area contributed by atoms with E-state index >= 15 is 0 Å². The lowest BCUT2D eigenvalue weighted by molar-refractivity contribution is 0.0698. The number of hydrogen-bond donors (Lipinski definition) is 0. The Morgan fingerprint density at radius 3 is 2.52 bits per heavy atom. The van der Waals surface area contributed by atoms with E-state index in [4.69, 9.17) is 0 Å². The number of benzene rings is 2. The van der Waals surface area contributed by atoms with Crippen molar-refractivity contribution in [3.05, 3.63) is 94.3 Å². The average molecular weight is 563 g/mol. The van der Waals surface area contributed by atoms with Crippen LogP contribution in [-0.2, 0) is 13.1 Å². The Bertz CT molecular complexity index is 1530. The number of aromatic nitrogens is 1. The fourth-order valence-electron chi connectivity index (χ4n) is 7.63. The minimum absolute atomic E-state index is 0.00229. The van der Waals surface area contributed by atoms with Crippen LogP contribution in [0.5, 0.6) is 0 Å². The number of allylic oxidation sites excluding steroid dienone is 2. The Labute approximate surface area is 249 Å². The Morgan fingerprint density at radius 1 is 0.857 bits per heavy atom. The molecule has 218 valence electrons. The molecule has 0 unspecified atom stereocenters. The zero-order valence-corrected chi connectivity index (χ0v) is 24.9. The van der Waals surface area contributed by atoms with E-state index in [1.165, 1.54) is 36.8 Å². The standard InChI is InChI=1S/C36H42N4O2/c1-26-22-28(15-17-32(26)27-10-3-2-4-11-27)35(41)40-25-31-16-18-34(39(31)23-29-12-5-6-14-33(29)40)36(42)38-21-9-13-30(38)24-37-19-7-8-20-37/h5-6,10,12,14-18,22,30H,2-4,7-9,11,13,19-21,23-25H2,1H3/t30-/m0/s1. The van der Waals surface area contributed by atoms with Gasteiger partial charge in [0.05, 0.1) is 13.1 Å². The van der Waals surface area contributed by atoms with E-state index in [9.17, 15) is 9.59 Å². The monoisotopic (exact) mass is 562 g/mol. The summed E-state index contributed by atoms with van der Waals surface area (Å²) in [4.78, 5) is 34.7. The molecule has 7 rings (SSSR count). The molecule has 0 saturated carbocycles. The minimum atomic E-state index is 0.00229. The van der Waals surface area contributed by atoms with Gasteiger partial charge in [0.2, 0.25) is 0 Å². The largest absolute Gasteiger partial charge is 0.334 e. The number of hydrogen-bond acceptors (Lipinski definition) is 3. The highest BCUT2D eigenvalue weighted by Crippen LogP contribution is 2.33. The topological polar surface area (TPSA) is 48.8 Å². The number of anilines is 1. The Morgan fingerprint density at radius 2 is 1.71 bits per heavy atom. The second-order valence-electron chi connectivity index (χ2n) is 12.6. The molecule has 0 bridgehead atoms. The van der Waals surface area contributed by atoms with Gasteiger partial charge >= 0.3 is 0 Å². The van der Waals surface area contributed by atoms with Gasteiger partial charge in [0.25, 0.3) is 11.8 Å². The van der Waals surface area contributed by atoms with E-state index in [0.717, 1.165) is 80.1 Å². The van der Waals surface area contributed by atoms with Crippen LogP contribution >= 0.6 is 0 Å². The van der Waals surface area contributed by atoms with Crippen molar-refractivity contribution in [2.75, 3.05) is 31.1 Å². The first-order valence-electron chi connectivity index (χ1n) is 16.0. The molecule has 2 aromatic carbocycles. The fraction of sp³-hybridized carbons (Fsp3) is 0.444. The number of aryl methyl sites for hydroxylation is 1. The van der Waals surface area contributed by atoms with Crippen molar-refractivity contribution in [1.82, 2.24) is 14.4 Å². The van der Waals surface area contributed by atoms with Gasteiger partial charge in [-0.25, -0.2) is 0 Å². The fourth-order valence-corrected chi connectivity index (χ4v) is 7.63. The van der Waals surface area contributed by atoms with Gasteiger partial charge in [-0.1, -0.05) is 30.3 Å². The van der Waals surface area contributed by atoms with Crippen LogP contribution in [0.2, 0.25) is 0 Å². The van der Waals surface area contributed by atoms with E-state index in [-0.39, 0.29) is 17.9 Å². The number of likely N-dealkylation sites (tertiary alicyclic amines) is 2. The Hall–Kier alpha value is -3.64. The zero-order chi connectivity index (χ0) is 28.6. The second kappa shape index (κ2) is 11.6. The van der Waals surface area contributed by atoms with Crippen molar-refractivity contribution in [2.45, 2.75) is 77.4 Å². The number of nitrogens with zero attached hydrogens (tertiary/aromatic N) is 4. The lowest BCUT2D eigenvalue weighted by Crippen LogP contribution is -2.43. The highest BCUT2D eigenvalue weighted by atomic mass is 16.2. The third-order valence-electron chi connectivity index (χ3n) is 9.88. The van der Waals surface area contributed by atoms with Crippen LogP contribution in [0.1, 0.15) is 94.6 Å². The van der Waals surface area contributed by atoms with Crippen LogP contribution in [0, 0.1) is 6.92 Å². The number of carbonyl (C=O) groups is 2. The molecule has 1 aliphatic carbocycles. The molecule has 4 aliphatic rings. The van der Waals surface area contributed by atoms with Crippen LogP contribution in [0.15, 0.2) is 60.7 Å². The molecule has 2 amide bonds. The number of rotatable bonds is 5. The molecule has 0 radical (unpaired) electrons. The van der Waals surface area contributed by atoms with Gasteiger partial charge < -0.3 is 19.3 Å². The van der Waals surface area contributed by atoms with Gasteiger partial charge in [-0.05, 0) is 124 Å². The molecule has 2 saturated heterocycles. The zero-order valence-electron chi connectivity index (χ0n) is 24.9. The molecule has 0 spiro atoms. The summed E-state index contributed by atoms with van der Waals surface area (Å²) in [5.74, 6) is 0.130. The normalized spacial score (nSPS) is 20.7. The molecular weight excluding hydrogens is 520 g/mol. The van der Waals surface area contributed by atoms with Crippen LogP contribution in [0.4, 0.5) is 5.69 Å². The van der Waals surface area contributed by atoms with E-state index in [1.807, 2.05) is 35.2 Å². The molecule has 6 nitrogen and oxygen atoms in total. The highest BCUT2D eigenvalue weighted by molar-refractivity contribution is 6.07. The molecule has 1 atom stereocenters. The molecular formula is C36H42N4O2. The lowest BCUT2D eigenvalue weighted by Gasteiger charge is -2.29. The van der Waals surface area contributed by atoms with Crippen LogP contribution in [0.25, 0.3) is 5.57 Å². The summed E-state index contributed by atoms with van der Waals surface area (Å²) in [7, 11) is 0. The van der Waals surface area contributed by atoms with Crippen LogP contribution < -0.4 is 4.90 Å². The lowest BCUT2D eigenvalue weighted by atomic mass is 9.90. The summed E-state index contributed by atoms with van der Waals surface area (Å²) in [6.45, 7) is 7.26. The van der Waals surface area contributed by atoms with Crippen molar-refractivity contribution < 1.29 is 9.59 Å². The molecule has 1 aromatic heterocycles. The number of fused-ring (bicyclic) bond motifs is 2. The van der Waals surface area contributed by atoms with Gasteiger partial charge in [0.1, 0.15) is 5.69 Å². The summed E-state index contributed by atoms with van der Waals surface area (Å²) in [6.07, 6.45) is 11.8. The predicted molar refractivity (Wildman–Crippen MR) is 168 cm³/mol. The quantitative estimate of drug-likeness (QED) is 0.349. The third kappa shape index (κ3) is 5.11. The third-order valence-corrected chi connectivity index (χ3v) is 9.88. The van der Waals surface area contributed by atoms with Gasteiger partial charge in [0.15, 0.2) is 0 Å². The minimum Gasteiger partial charge on any atom is -0.334 e. The maximum atomic E-state index is 14.1. The average Bonchev–Trinajstić information content (AvgIpc) is 3.77. The van der Waals surface area contributed by atoms with E-state index in [1.54, 1.807) is 0 Å². The molecule has 6 heteroatoms. The van der Waals surface area contributed by atoms with E-state index in [0.29, 0.717) is 18.7 Å². The maximum Gasteiger partial charge on any atom is 0.270 e. The molecule has 4 heterocycles. The van der Waals surface area contributed by atoms with Gasteiger partial charge in [-0.2, -0.15) is 0 Å². The molecule has 3 aromatic rings. The number of para-hydroxylation sites is 1. The number of carbonyl (C=O) groups excluding carboxylic acids is 2.